The van der Waals surface area contributed by atoms with Crippen LogP contribution in [0.15, 0.2) is 47.5 Å². The van der Waals surface area contributed by atoms with E-state index < -0.39 is 0 Å². The summed E-state index contributed by atoms with van der Waals surface area (Å²) in [6, 6.07) is 14.9. The standard InChI is InChI=1S/C24H31ClN4O2/c1-26-24(27-10-8-18-2-7-23-20(16-18)9-13-31-23)28-17-22(29-11-14-30-15-12-29)19-3-5-21(25)6-4-19/h2-7,16,22H,8-15,17H2,1H3,(H2,26,27,28). The van der Waals surface area contributed by atoms with E-state index in [-0.39, 0.29) is 6.04 Å². The molecular weight excluding hydrogens is 412 g/mol. The molecule has 0 bridgehead atoms. The SMILES string of the molecule is CN=C(NCCc1ccc2c(c1)CCO2)NCC(c1ccc(Cl)cc1)N1CCOCC1. The fraction of sp³-hybridized carbons (Fsp3) is 0.458. The van der Waals surface area contributed by atoms with Crippen LogP contribution in [0.1, 0.15) is 22.7 Å². The second kappa shape index (κ2) is 10.8. The van der Waals surface area contributed by atoms with Crippen molar-refractivity contribution in [2.75, 3.05) is 53.0 Å². The number of guanidine groups is 1. The van der Waals surface area contributed by atoms with Gasteiger partial charge in [-0.1, -0.05) is 35.9 Å². The van der Waals surface area contributed by atoms with Crippen molar-refractivity contribution >= 4 is 17.6 Å². The van der Waals surface area contributed by atoms with Crippen molar-refractivity contribution < 1.29 is 9.47 Å². The van der Waals surface area contributed by atoms with Crippen molar-refractivity contribution in [1.82, 2.24) is 15.5 Å². The lowest BCUT2D eigenvalue weighted by Crippen LogP contribution is -2.46. The first-order valence-corrected chi connectivity index (χ1v) is 11.4. The minimum atomic E-state index is 0.233. The van der Waals surface area contributed by atoms with E-state index in [0.717, 1.165) is 75.6 Å². The highest BCUT2D eigenvalue weighted by molar-refractivity contribution is 6.30. The maximum atomic E-state index is 6.11. The Balaban J connectivity index is 1.32. The molecule has 2 heterocycles. The van der Waals surface area contributed by atoms with Crippen LogP contribution in [-0.4, -0.2) is 63.9 Å². The van der Waals surface area contributed by atoms with Gasteiger partial charge in [-0.2, -0.15) is 0 Å². The van der Waals surface area contributed by atoms with E-state index in [4.69, 9.17) is 21.1 Å². The van der Waals surface area contributed by atoms with Crippen LogP contribution in [0.4, 0.5) is 0 Å². The van der Waals surface area contributed by atoms with Crippen molar-refractivity contribution in [3.05, 3.63) is 64.2 Å². The molecule has 1 atom stereocenters. The highest BCUT2D eigenvalue weighted by Crippen LogP contribution is 2.26. The lowest BCUT2D eigenvalue weighted by Gasteiger charge is -2.35. The quantitative estimate of drug-likeness (QED) is 0.510. The largest absolute Gasteiger partial charge is 0.493 e. The summed E-state index contributed by atoms with van der Waals surface area (Å²) in [5, 5.41) is 7.72. The number of ether oxygens (including phenoxy) is 2. The third kappa shape index (κ3) is 5.91. The second-order valence-corrected chi connectivity index (χ2v) is 8.32. The van der Waals surface area contributed by atoms with Gasteiger partial charge in [-0.3, -0.25) is 9.89 Å². The van der Waals surface area contributed by atoms with E-state index in [1.54, 1.807) is 0 Å². The third-order valence-electron chi connectivity index (χ3n) is 5.89. The molecule has 0 saturated carbocycles. The van der Waals surface area contributed by atoms with Crippen molar-refractivity contribution in [2.45, 2.75) is 18.9 Å². The molecule has 0 aliphatic carbocycles. The molecule has 1 fully saturated rings. The normalized spacial score (nSPS) is 17.7. The fourth-order valence-electron chi connectivity index (χ4n) is 4.17. The van der Waals surface area contributed by atoms with Crippen LogP contribution in [0.25, 0.3) is 0 Å². The maximum Gasteiger partial charge on any atom is 0.191 e. The van der Waals surface area contributed by atoms with Crippen LogP contribution >= 0.6 is 11.6 Å². The summed E-state index contributed by atoms with van der Waals surface area (Å²) in [5.41, 5.74) is 3.88. The number of hydrogen-bond donors (Lipinski definition) is 2. The van der Waals surface area contributed by atoms with Gasteiger partial charge in [0.15, 0.2) is 5.96 Å². The average Bonchev–Trinajstić information content (AvgIpc) is 3.28. The fourth-order valence-corrected chi connectivity index (χ4v) is 4.29. The zero-order valence-corrected chi connectivity index (χ0v) is 18.8. The minimum Gasteiger partial charge on any atom is -0.493 e. The van der Waals surface area contributed by atoms with E-state index in [0.29, 0.717) is 0 Å². The van der Waals surface area contributed by atoms with Gasteiger partial charge in [0, 0.05) is 44.7 Å². The first-order chi connectivity index (χ1) is 15.2. The Morgan fingerprint density at radius 1 is 1.10 bits per heavy atom. The van der Waals surface area contributed by atoms with E-state index >= 15 is 0 Å². The molecule has 0 radical (unpaired) electrons. The molecule has 2 aromatic carbocycles. The van der Waals surface area contributed by atoms with Crippen molar-refractivity contribution in [1.29, 1.82) is 0 Å². The molecule has 2 aliphatic heterocycles. The number of halogens is 1. The summed E-state index contributed by atoms with van der Waals surface area (Å²) < 4.78 is 11.1. The number of benzene rings is 2. The molecule has 0 amide bonds. The smallest absolute Gasteiger partial charge is 0.191 e. The molecule has 4 rings (SSSR count). The Labute approximate surface area is 189 Å². The maximum absolute atomic E-state index is 6.11. The zero-order chi connectivity index (χ0) is 21.5. The van der Waals surface area contributed by atoms with Gasteiger partial charge in [-0.25, -0.2) is 0 Å². The van der Waals surface area contributed by atoms with Crippen molar-refractivity contribution in [2.24, 2.45) is 4.99 Å². The molecule has 1 saturated heterocycles. The summed E-state index contributed by atoms with van der Waals surface area (Å²) in [5.74, 6) is 1.85. The van der Waals surface area contributed by atoms with Gasteiger partial charge in [-0.05, 0) is 41.3 Å². The first-order valence-electron chi connectivity index (χ1n) is 11.0. The molecule has 166 valence electrons. The van der Waals surface area contributed by atoms with Gasteiger partial charge in [-0.15, -0.1) is 0 Å². The third-order valence-corrected chi connectivity index (χ3v) is 6.14. The van der Waals surface area contributed by atoms with E-state index in [2.05, 4.69) is 50.9 Å². The molecule has 7 heteroatoms. The predicted molar refractivity (Wildman–Crippen MR) is 125 cm³/mol. The topological polar surface area (TPSA) is 58.1 Å². The summed E-state index contributed by atoms with van der Waals surface area (Å²) in [6.45, 7) is 5.75. The number of morpholine rings is 1. The van der Waals surface area contributed by atoms with Crippen molar-refractivity contribution in [3.8, 4) is 5.75 Å². The molecule has 1 unspecified atom stereocenters. The van der Waals surface area contributed by atoms with Crippen molar-refractivity contribution in [3.63, 3.8) is 0 Å². The van der Waals surface area contributed by atoms with Gasteiger partial charge in [0.25, 0.3) is 0 Å². The highest BCUT2D eigenvalue weighted by Gasteiger charge is 2.23. The molecule has 6 nitrogen and oxygen atoms in total. The molecule has 2 N–H and O–H groups in total. The van der Waals surface area contributed by atoms with E-state index in [1.807, 2.05) is 19.2 Å². The average molecular weight is 443 g/mol. The lowest BCUT2D eigenvalue weighted by molar-refractivity contribution is 0.0170. The number of hydrogen-bond acceptors (Lipinski definition) is 4. The van der Waals surface area contributed by atoms with Gasteiger partial charge in [0.2, 0.25) is 0 Å². The number of rotatable bonds is 7. The van der Waals surface area contributed by atoms with E-state index in [1.165, 1.54) is 16.7 Å². The summed E-state index contributed by atoms with van der Waals surface area (Å²) >= 11 is 6.11. The van der Waals surface area contributed by atoms with Gasteiger partial charge >= 0.3 is 0 Å². The number of fused-ring (bicyclic) bond motifs is 1. The predicted octanol–water partition coefficient (Wildman–Crippen LogP) is 3.06. The second-order valence-electron chi connectivity index (χ2n) is 7.89. The molecule has 0 aromatic heterocycles. The Kier molecular flexibility index (Phi) is 7.67. The van der Waals surface area contributed by atoms with E-state index in [9.17, 15) is 0 Å². The number of nitrogens with one attached hydrogen (secondary N) is 2. The van der Waals surface area contributed by atoms with Crippen LogP contribution in [0.5, 0.6) is 5.75 Å². The van der Waals surface area contributed by atoms with Gasteiger partial charge < -0.3 is 20.1 Å². The molecule has 31 heavy (non-hydrogen) atoms. The summed E-state index contributed by atoms with van der Waals surface area (Å²) in [6.07, 6.45) is 1.95. The van der Waals surface area contributed by atoms with Gasteiger partial charge in [0.1, 0.15) is 5.75 Å². The Hall–Kier alpha value is -2.28. The number of nitrogens with zero attached hydrogens (tertiary/aromatic N) is 2. The molecule has 2 aromatic rings. The Bertz CT molecular complexity index is 882. The minimum absolute atomic E-state index is 0.233. The van der Waals surface area contributed by atoms with Crippen LogP contribution in [0.2, 0.25) is 5.02 Å². The molecule has 0 spiro atoms. The highest BCUT2D eigenvalue weighted by atomic mass is 35.5. The van der Waals surface area contributed by atoms with Crippen LogP contribution in [0.3, 0.4) is 0 Å². The Morgan fingerprint density at radius 3 is 2.68 bits per heavy atom. The summed E-state index contributed by atoms with van der Waals surface area (Å²) in [7, 11) is 1.81. The van der Waals surface area contributed by atoms with Crippen LogP contribution in [-0.2, 0) is 17.6 Å². The lowest BCUT2D eigenvalue weighted by atomic mass is 10.0. The molecular formula is C24H31ClN4O2. The molecule has 2 aliphatic rings. The zero-order valence-electron chi connectivity index (χ0n) is 18.1. The first kappa shape index (κ1) is 21.9. The summed E-state index contributed by atoms with van der Waals surface area (Å²) in [4.78, 5) is 6.87. The monoisotopic (exact) mass is 442 g/mol. The van der Waals surface area contributed by atoms with Gasteiger partial charge in [0.05, 0.1) is 25.9 Å². The van der Waals surface area contributed by atoms with Crippen LogP contribution in [0, 0.1) is 0 Å². The van der Waals surface area contributed by atoms with Crippen LogP contribution < -0.4 is 15.4 Å². The number of aliphatic imine (C=N–C) groups is 1. The Morgan fingerprint density at radius 2 is 1.90 bits per heavy atom.